The Morgan fingerprint density at radius 1 is 0.150 bits per heavy atom. The van der Waals surface area contributed by atoms with Crippen molar-refractivity contribution in [1.82, 2.24) is 154 Å². The van der Waals surface area contributed by atoms with Gasteiger partial charge in [0.1, 0.15) is 19.0 Å². The molecule has 0 bridgehead atoms. The molecular weight excluding hydrogens is 1500 g/mol. The van der Waals surface area contributed by atoms with E-state index < -0.39 is 0 Å². The first-order valence-electron chi connectivity index (χ1n) is 41.9. The Balaban J connectivity index is 0.000000156. The highest BCUT2D eigenvalue weighted by atomic mass is 15.3. The van der Waals surface area contributed by atoms with Crippen molar-refractivity contribution in [3.8, 4) is 0 Å². The molecule has 120 heavy (non-hydrogen) atoms. The lowest BCUT2D eigenvalue weighted by Gasteiger charge is -2.34. The van der Waals surface area contributed by atoms with Crippen molar-refractivity contribution in [1.29, 1.82) is 0 Å². The Morgan fingerprint density at radius 2 is 0.308 bits per heavy atom. The van der Waals surface area contributed by atoms with Gasteiger partial charge in [-0.1, -0.05) is 30.3 Å². The van der Waals surface area contributed by atoms with E-state index >= 15 is 0 Å². The van der Waals surface area contributed by atoms with Crippen LogP contribution in [0.15, 0.2) is 251 Å². The monoisotopic (exact) mass is 1620 g/mol. The summed E-state index contributed by atoms with van der Waals surface area (Å²) in [4.78, 5) is 79.0. The molecule has 0 aromatic carbocycles. The first-order valence-corrected chi connectivity index (χ1v) is 41.9. The third-order valence-corrected chi connectivity index (χ3v) is 21.5. The molecule has 12 aromatic heterocycles. The van der Waals surface area contributed by atoms with Crippen LogP contribution in [-0.4, -0.2) is 311 Å². The summed E-state index contributed by atoms with van der Waals surface area (Å²) in [6.45, 7) is 32.1. The molecule has 15 heterocycles. The predicted molar refractivity (Wildman–Crippen MR) is 459 cm³/mol. The minimum atomic E-state index is 0.755. The highest BCUT2D eigenvalue weighted by Gasteiger charge is 2.24. The number of pyridine rings is 5. The van der Waals surface area contributed by atoms with Gasteiger partial charge in [0.05, 0.1) is 68.3 Å². The van der Waals surface area contributed by atoms with Gasteiger partial charge < -0.3 is 0 Å². The molecule has 0 unspecified atom stereocenters. The van der Waals surface area contributed by atoms with Crippen molar-refractivity contribution < 1.29 is 0 Å². The average Bonchev–Trinajstić information content (AvgIpc) is 0.880. The number of hydrogen-bond donors (Lipinski definition) is 0. The number of hydrogen-bond acceptors (Lipinski definition) is 31. The third kappa shape index (κ3) is 32.2. The van der Waals surface area contributed by atoms with Crippen LogP contribution in [0, 0.1) is 0 Å². The second-order valence-corrected chi connectivity index (χ2v) is 30.4. The molecule has 3 aliphatic heterocycles. The third-order valence-electron chi connectivity index (χ3n) is 21.5. The number of rotatable bonds is 24. The van der Waals surface area contributed by atoms with Crippen molar-refractivity contribution in [2.45, 2.75) is 78.5 Å². The van der Waals surface area contributed by atoms with Crippen LogP contribution in [0.5, 0.6) is 0 Å². The Kier molecular flexibility index (Phi) is 36.1. The maximum absolute atomic E-state index is 4.62. The molecular formula is C89H113N31. The van der Waals surface area contributed by atoms with Crippen LogP contribution in [0.2, 0.25) is 0 Å². The van der Waals surface area contributed by atoms with Gasteiger partial charge in [0.15, 0.2) is 0 Å². The summed E-state index contributed by atoms with van der Waals surface area (Å²) in [6.07, 6.45) is 26.7. The summed E-state index contributed by atoms with van der Waals surface area (Å²) in [5.41, 5.74) is 12.6. The van der Waals surface area contributed by atoms with E-state index in [4.69, 9.17) is 0 Å². The molecule has 0 aliphatic carbocycles. The minimum Gasteiger partial charge on any atom is -0.295 e. The topological polar surface area (TPSA) is 284 Å². The lowest BCUT2D eigenvalue weighted by Crippen LogP contribution is -2.45. The summed E-state index contributed by atoms with van der Waals surface area (Å²) in [5, 5.41) is 33.8. The van der Waals surface area contributed by atoms with Gasteiger partial charge in [-0.05, 0) is 127 Å². The zero-order valence-corrected chi connectivity index (χ0v) is 69.0. The smallest absolute Gasteiger partial charge is 0.115 e. The predicted octanol–water partition coefficient (Wildman–Crippen LogP) is 6.53. The molecule has 12 aromatic rings. The summed E-state index contributed by atoms with van der Waals surface area (Å²) in [5.74, 6) is 0. The van der Waals surface area contributed by atoms with Gasteiger partial charge in [-0.2, -0.15) is 40.8 Å². The Bertz CT molecular complexity index is 3520. The number of nitrogens with zero attached hydrogens (tertiary/aromatic N) is 31. The average molecular weight is 1620 g/mol. The molecule has 0 atom stereocenters. The largest absolute Gasteiger partial charge is 0.295 e. The molecule has 0 spiro atoms. The summed E-state index contributed by atoms with van der Waals surface area (Å²) in [7, 11) is 0. The minimum absolute atomic E-state index is 0.755. The van der Waals surface area contributed by atoms with E-state index in [1.165, 1.54) is 0 Å². The van der Waals surface area contributed by atoms with Crippen molar-refractivity contribution >= 4 is 0 Å². The molecule has 3 aliphatic rings. The summed E-state index contributed by atoms with van der Waals surface area (Å²) in [6, 6.07) is 52.9. The van der Waals surface area contributed by atoms with Gasteiger partial charge in [-0.25, -0.2) is 29.9 Å². The fraction of sp³-hybridized carbons (Fsp3) is 0.404. The van der Waals surface area contributed by atoms with Crippen molar-refractivity contribution in [2.24, 2.45) is 0 Å². The van der Waals surface area contributed by atoms with E-state index in [1.54, 1.807) is 43.8 Å². The lowest BCUT2D eigenvalue weighted by molar-refractivity contribution is 0.119. The van der Waals surface area contributed by atoms with Crippen molar-refractivity contribution in [3.63, 3.8) is 0 Å². The van der Waals surface area contributed by atoms with Crippen LogP contribution in [0.25, 0.3) is 0 Å². The van der Waals surface area contributed by atoms with Crippen LogP contribution in [0.1, 0.15) is 68.3 Å². The first-order chi connectivity index (χ1) is 59.4. The summed E-state index contributed by atoms with van der Waals surface area (Å²) < 4.78 is 0. The quantitative estimate of drug-likeness (QED) is 0.0621. The normalized spacial score (nSPS) is 17.2. The molecule has 624 valence electrons. The molecule has 0 amide bonds. The molecule has 15 rings (SSSR count). The fourth-order valence-electron chi connectivity index (χ4n) is 14.7. The van der Waals surface area contributed by atoms with E-state index in [9.17, 15) is 0 Å². The van der Waals surface area contributed by atoms with E-state index in [0.717, 1.165) is 304 Å². The van der Waals surface area contributed by atoms with Gasteiger partial charge >= 0.3 is 0 Å². The second kappa shape index (κ2) is 50.0. The first kappa shape index (κ1) is 86.7. The lowest BCUT2D eigenvalue weighted by atomic mass is 10.2. The second-order valence-electron chi connectivity index (χ2n) is 30.4. The van der Waals surface area contributed by atoms with Crippen molar-refractivity contribution in [2.75, 3.05) is 157 Å². The highest BCUT2D eigenvalue weighted by Crippen LogP contribution is 2.17. The van der Waals surface area contributed by atoms with Gasteiger partial charge in [-0.15, -0.1) is 0 Å². The molecule has 31 heteroatoms. The Hall–Kier alpha value is -11.2. The highest BCUT2D eigenvalue weighted by molar-refractivity contribution is 5.11. The molecule has 3 fully saturated rings. The standard InChI is InChI=1S/C32H40N8.C29H37N11.C28H36N12/c1-5-13-33-29(9-1)25-37-17-19-38(26-30-10-2-6-14-34-30)21-23-40(28-32-12-4-8-16-36-32)24-22-39(20-18-37)27-31-11-3-7-15-35-31;1-2-7-33-26(3-1)19-37-11-13-38(20-27-4-8-30-23-34-27)15-17-40(22-29-6-10-32-25-36-29)18-16-39(14-12-37)21-28-5-9-31-24-35-28;1-5-25(33-29-9-1)21-37-13-15-38(22-26-6-2-10-30-34-26)17-19-40(24-28-8-4-12-32-36-28)20-18-39(16-14-37)23-27-7-3-11-31-35-27/h1-16H,17-28H2;1-10,23-25H,11-22H2;1-12H,13-24H2. The SMILES string of the molecule is c1ccc(CN2CCN(Cc3ccccn3)CCN(Cc3ccccn3)CCN(Cc3ccccn3)CC2)nc1.c1ccc(CN2CCN(Cc3ccncn3)CCN(Cc3ccncn3)CCN(Cc3ccncn3)CC2)nc1.c1cnnc(CN2CCN(Cc3cccnn3)CCN(Cc3cccnn3)CCN(Cc3cccnn3)CC2)c1. The zero-order chi connectivity index (χ0) is 81.7. The van der Waals surface area contributed by atoms with Crippen LogP contribution in [0.4, 0.5) is 0 Å². The fourth-order valence-corrected chi connectivity index (χ4v) is 14.7. The van der Waals surface area contributed by atoms with Gasteiger partial charge in [0, 0.05) is 310 Å². The van der Waals surface area contributed by atoms with E-state index in [-0.39, 0.29) is 0 Å². The van der Waals surface area contributed by atoms with E-state index in [0.29, 0.717) is 0 Å². The van der Waals surface area contributed by atoms with Crippen LogP contribution < -0.4 is 0 Å². The molecule has 31 nitrogen and oxygen atoms in total. The Morgan fingerprint density at radius 3 is 0.442 bits per heavy atom. The molecule has 0 saturated carbocycles. The van der Waals surface area contributed by atoms with Gasteiger partial charge in [0.25, 0.3) is 0 Å². The maximum atomic E-state index is 4.62. The van der Waals surface area contributed by atoms with Gasteiger partial charge in [-0.3, -0.25) is 83.7 Å². The zero-order valence-electron chi connectivity index (χ0n) is 69.0. The van der Waals surface area contributed by atoms with Gasteiger partial charge in [0.2, 0.25) is 0 Å². The molecule has 3 saturated heterocycles. The number of aromatic nitrogens is 19. The molecule has 0 N–H and O–H groups in total. The maximum Gasteiger partial charge on any atom is 0.115 e. The van der Waals surface area contributed by atoms with Crippen LogP contribution >= 0.6 is 0 Å². The summed E-state index contributed by atoms with van der Waals surface area (Å²) >= 11 is 0. The van der Waals surface area contributed by atoms with Crippen molar-refractivity contribution in [3.05, 3.63) is 319 Å². The van der Waals surface area contributed by atoms with E-state index in [1.807, 2.05) is 147 Å². The van der Waals surface area contributed by atoms with Crippen LogP contribution in [-0.2, 0) is 78.5 Å². The van der Waals surface area contributed by atoms with E-state index in [2.05, 4.69) is 215 Å². The Labute approximate surface area is 705 Å². The molecule has 0 radical (unpaired) electrons. The van der Waals surface area contributed by atoms with Crippen LogP contribution in [0.3, 0.4) is 0 Å².